The first kappa shape index (κ1) is 32.0. The molecule has 45 heavy (non-hydrogen) atoms. The number of hydrogen-bond donors (Lipinski definition) is 3. The Labute approximate surface area is 264 Å². The van der Waals surface area contributed by atoms with E-state index in [0.717, 1.165) is 44.9 Å². The Morgan fingerprint density at radius 1 is 0.578 bits per heavy atom. The number of anilines is 3. The van der Waals surface area contributed by atoms with Crippen LogP contribution in [0.5, 0.6) is 0 Å². The molecule has 0 aliphatic heterocycles. The second-order valence-electron chi connectivity index (χ2n) is 10.8. The monoisotopic (exact) mass is 634 g/mol. The van der Waals surface area contributed by atoms with Gasteiger partial charge in [-0.2, -0.15) is 4.89 Å². The number of benzene rings is 5. The van der Waals surface area contributed by atoms with Gasteiger partial charge >= 0.3 is 15.6 Å². The Balaban J connectivity index is 1.33. The van der Waals surface area contributed by atoms with Crippen molar-refractivity contribution in [2.45, 2.75) is 19.2 Å². The highest BCUT2D eigenvalue weighted by atomic mass is 31.2. The van der Waals surface area contributed by atoms with Crippen LogP contribution in [0.15, 0.2) is 121 Å². The van der Waals surface area contributed by atoms with Crippen LogP contribution in [0.25, 0.3) is 24.3 Å². The maximum absolute atomic E-state index is 11.3. The van der Waals surface area contributed by atoms with Crippen molar-refractivity contribution in [2.75, 3.05) is 4.90 Å². The van der Waals surface area contributed by atoms with E-state index in [0.29, 0.717) is 5.56 Å². The minimum Gasteiger partial charge on any atom is -0.324 e. The van der Waals surface area contributed by atoms with E-state index in [1.54, 1.807) is 12.1 Å². The third kappa shape index (κ3) is 9.54. The maximum atomic E-state index is 11.3. The molecule has 0 saturated heterocycles. The average Bonchev–Trinajstić information content (AvgIpc) is 3.02. The van der Waals surface area contributed by atoms with Crippen molar-refractivity contribution in [3.63, 3.8) is 0 Å². The van der Waals surface area contributed by atoms with Gasteiger partial charge in [0.2, 0.25) is 6.16 Å². The van der Waals surface area contributed by atoms with Gasteiger partial charge in [0.1, 0.15) is 0 Å². The minimum absolute atomic E-state index is 0.165. The highest BCUT2D eigenvalue weighted by Gasteiger charge is 2.14. The lowest BCUT2D eigenvalue weighted by Gasteiger charge is -2.26. The van der Waals surface area contributed by atoms with Crippen LogP contribution in [-0.4, -0.2) is 14.7 Å². The topological polar surface area (TPSA) is 98.1 Å². The average molecular weight is 635 g/mol. The smallest absolute Gasteiger partial charge is 0.324 e. The summed E-state index contributed by atoms with van der Waals surface area (Å²) in [6.45, 7) is 2.07. The van der Waals surface area contributed by atoms with E-state index in [4.69, 9.17) is 4.89 Å². The zero-order chi connectivity index (χ0) is 31.8. The third-order valence-corrected chi connectivity index (χ3v) is 8.61. The molecule has 0 aliphatic carbocycles. The molecule has 0 amide bonds. The van der Waals surface area contributed by atoms with E-state index in [-0.39, 0.29) is 12.3 Å². The lowest BCUT2D eigenvalue weighted by atomic mass is 10.1. The molecule has 5 aromatic carbocycles. The van der Waals surface area contributed by atoms with Crippen LogP contribution in [0.4, 0.5) is 17.1 Å². The Kier molecular flexibility index (Phi) is 10.4. The molecule has 0 heterocycles. The fourth-order valence-electron chi connectivity index (χ4n) is 4.86. The summed E-state index contributed by atoms with van der Waals surface area (Å²) in [5.41, 5.74) is 9.77. The Morgan fingerprint density at radius 3 is 1.27 bits per heavy atom. The van der Waals surface area contributed by atoms with Crippen molar-refractivity contribution >= 4 is 57.0 Å². The summed E-state index contributed by atoms with van der Waals surface area (Å²) < 4.78 is 22.3. The van der Waals surface area contributed by atoms with Crippen LogP contribution in [0, 0.1) is 6.92 Å². The van der Waals surface area contributed by atoms with Crippen molar-refractivity contribution in [1.29, 1.82) is 0 Å². The molecule has 1 atom stereocenters. The van der Waals surface area contributed by atoms with E-state index >= 15 is 0 Å². The van der Waals surface area contributed by atoms with Gasteiger partial charge in [-0.3, -0.25) is 4.57 Å². The molecule has 0 aromatic heterocycles. The number of aryl methyl sites for hydroxylation is 1. The SMILES string of the molecule is Cc1ccc(N(c2ccc(/C=C/c3ccc(C[P+](=O)O)cc3)cc2)c2ccc(/C=C/c3ccc(CP(=O)(O)O)cc3)cc2)cc1. The van der Waals surface area contributed by atoms with Crippen LogP contribution in [0.2, 0.25) is 0 Å². The second kappa shape index (κ2) is 14.6. The van der Waals surface area contributed by atoms with Gasteiger partial charge in [-0.05, 0) is 75.7 Å². The highest BCUT2D eigenvalue weighted by molar-refractivity contribution is 7.50. The lowest BCUT2D eigenvalue weighted by Crippen LogP contribution is -2.09. The molecule has 0 radical (unpaired) electrons. The normalized spacial score (nSPS) is 12.1. The van der Waals surface area contributed by atoms with Crippen LogP contribution < -0.4 is 4.90 Å². The molecular formula is C37H34NO5P2+. The minimum atomic E-state index is -4.09. The summed E-state index contributed by atoms with van der Waals surface area (Å²) >= 11 is 0. The van der Waals surface area contributed by atoms with Gasteiger partial charge in [0.05, 0.1) is 6.16 Å². The van der Waals surface area contributed by atoms with Gasteiger partial charge in [-0.25, -0.2) is 0 Å². The van der Waals surface area contributed by atoms with E-state index in [1.165, 1.54) is 5.56 Å². The molecule has 5 aromatic rings. The fraction of sp³-hybridized carbons (Fsp3) is 0.0811. The number of rotatable bonds is 11. The molecule has 0 fully saturated rings. The van der Waals surface area contributed by atoms with Crippen LogP contribution in [0.3, 0.4) is 0 Å². The molecule has 0 bridgehead atoms. The van der Waals surface area contributed by atoms with Gasteiger partial charge in [0.15, 0.2) is 0 Å². The van der Waals surface area contributed by atoms with Crippen LogP contribution in [-0.2, 0) is 21.5 Å². The number of hydrogen-bond acceptors (Lipinski definition) is 3. The first-order valence-corrected chi connectivity index (χ1v) is 17.6. The Morgan fingerprint density at radius 2 is 0.911 bits per heavy atom. The predicted octanol–water partition coefficient (Wildman–Crippen LogP) is 9.72. The molecule has 6 nitrogen and oxygen atoms in total. The van der Waals surface area contributed by atoms with Gasteiger partial charge in [-0.1, -0.05) is 115 Å². The quantitative estimate of drug-likeness (QED) is 0.0989. The number of nitrogens with zero attached hydrogens (tertiary/aromatic N) is 1. The second-order valence-corrected chi connectivity index (χ2v) is 13.5. The van der Waals surface area contributed by atoms with E-state index in [9.17, 15) is 18.9 Å². The summed E-state index contributed by atoms with van der Waals surface area (Å²) in [7, 11) is -6.27. The molecule has 0 aliphatic rings. The molecule has 0 saturated carbocycles. The summed E-state index contributed by atoms with van der Waals surface area (Å²) in [5.74, 6) is 0. The fourth-order valence-corrected chi connectivity index (χ4v) is 6.07. The van der Waals surface area contributed by atoms with Crippen LogP contribution in [0.1, 0.15) is 38.9 Å². The van der Waals surface area contributed by atoms with Crippen molar-refractivity contribution in [3.8, 4) is 0 Å². The predicted molar refractivity (Wildman–Crippen MR) is 186 cm³/mol. The molecule has 1 unspecified atom stereocenters. The molecule has 8 heteroatoms. The summed E-state index contributed by atoms with van der Waals surface area (Å²) in [6.07, 6.45) is 7.97. The van der Waals surface area contributed by atoms with E-state index < -0.39 is 15.6 Å². The third-order valence-electron chi connectivity index (χ3n) is 7.20. The summed E-state index contributed by atoms with van der Waals surface area (Å²) in [5, 5.41) is 0. The van der Waals surface area contributed by atoms with E-state index in [2.05, 4.69) is 84.6 Å². The lowest BCUT2D eigenvalue weighted by molar-refractivity contribution is 0.371. The van der Waals surface area contributed by atoms with Crippen molar-refractivity contribution in [3.05, 3.63) is 160 Å². The zero-order valence-corrected chi connectivity index (χ0v) is 26.6. The van der Waals surface area contributed by atoms with Crippen molar-refractivity contribution in [2.24, 2.45) is 0 Å². The van der Waals surface area contributed by atoms with Crippen molar-refractivity contribution in [1.82, 2.24) is 0 Å². The standard InChI is InChI=1S/C37H33NO5P2/c1-28-2-20-35(21-3-28)38(36-22-16-31(17-23-36)6-4-29-8-12-33(13-9-29)26-44(39)40)37-24-18-32(19-25-37)7-5-30-10-14-34(15-11-30)27-45(41,42)43/h2-25H,26-27H2,1H3,(H2-,39,40,41,42,43)/p+1/b6-4+,7-5+. The first-order valence-electron chi connectivity index (χ1n) is 14.4. The molecule has 3 N–H and O–H groups in total. The Bertz CT molecular complexity index is 1840. The summed E-state index contributed by atoms with van der Waals surface area (Å²) in [6, 6.07) is 40.0. The van der Waals surface area contributed by atoms with E-state index in [1.807, 2.05) is 60.7 Å². The van der Waals surface area contributed by atoms with Gasteiger partial charge in [-0.15, -0.1) is 0 Å². The van der Waals surface area contributed by atoms with Gasteiger partial charge < -0.3 is 14.7 Å². The maximum Gasteiger partial charge on any atom is 0.510 e. The molecular weight excluding hydrogens is 600 g/mol. The van der Waals surface area contributed by atoms with Gasteiger partial charge in [0, 0.05) is 22.6 Å². The van der Waals surface area contributed by atoms with Crippen molar-refractivity contribution < 1.29 is 23.8 Å². The highest BCUT2D eigenvalue weighted by Crippen LogP contribution is 2.39. The van der Waals surface area contributed by atoms with Crippen LogP contribution >= 0.6 is 15.6 Å². The molecule has 5 rings (SSSR count). The molecule has 226 valence electrons. The zero-order valence-electron chi connectivity index (χ0n) is 24.8. The first-order chi connectivity index (χ1) is 21.6. The summed E-state index contributed by atoms with van der Waals surface area (Å²) in [4.78, 5) is 29.7. The molecule has 0 spiro atoms. The van der Waals surface area contributed by atoms with Gasteiger partial charge in [0.25, 0.3) is 0 Å². The Hall–Kier alpha value is -4.41. The largest absolute Gasteiger partial charge is 0.510 e.